The Morgan fingerprint density at radius 2 is 2.00 bits per heavy atom. The van der Waals surface area contributed by atoms with Crippen molar-refractivity contribution in [3.05, 3.63) is 35.5 Å². The second-order valence-corrected chi connectivity index (χ2v) is 5.77. The normalized spacial score (nSPS) is 27.2. The number of carbonyl (C=O) groups excluding carboxylic acids is 2. The number of carbonyl (C=O) groups is 2. The maximum atomic E-state index is 12.9. The Hall–Kier alpha value is -2.18. The molecule has 1 aromatic carbocycles. The van der Waals surface area contributed by atoms with Gasteiger partial charge in [-0.3, -0.25) is 14.4 Å². The van der Waals surface area contributed by atoms with Gasteiger partial charge in [0.25, 0.3) is 0 Å². The molecule has 6 heteroatoms. The SMILES string of the molecule is COC(=O)[C@@H]1[C@H]2c3c(c4ccccc4n3C)C(=O)[C@@H]1ON2C. The maximum Gasteiger partial charge on any atom is 0.314 e. The highest BCUT2D eigenvalue weighted by Gasteiger charge is 2.57. The summed E-state index contributed by atoms with van der Waals surface area (Å²) in [6.07, 6.45) is -0.805. The van der Waals surface area contributed by atoms with Gasteiger partial charge >= 0.3 is 5.97 Å². The Morgan fingerprint density at radius 1 is 1.27 bits per heavy atom. The van der Waals surface area contributed by atoms with E-state index in [1.807, 2.05) is 35.9 Å². The van der Waals surface area contributed by atoms with Crippen LogP contribution in [0.3, 0.4) is 0 Å². The number of ketones is 1. The molecule has 114 valence electrons. The summed E-state index contributed by atoms with van der Waals surface area (Å²) in [5.41, 5.74) is 2.46. The molecule has 6 nitrogen and oxygen atoms in total. The van der Waals surface area contributed by atoms with Gasteiger partial charge in [0.15, 0.2) is 11.9 Å². The number of hydrogen-bond donors (Lipinski definition) is 0. The molecule has 2 heterocycles. The fourth-order valence-electron chi connectivity index (χ4n) is 3.80. The topological polar surface area (TPSA) is 60.8 Å². The van der Waals surface area contributed by atoms with Crippen molar-refractivity contribution in [1.29, 1.82) is 0 Å². The molecule has 1 aliphatic heterocycles. The third-order valence-corrected chi connectivity index (χ3v) is 4.75. The van der Waals surface area contributed by atoms with Crippen molar-refractivity contribution in [1.82, 2.24) is 9.63 Å². The van der Waals surface area contributed by atoms with Crippen LogP contribution >= 0.6 is 0 Å². The molecule has 0 spiro atoms. The number of nitrogens with zero attached hydrogens (tertiary/aromatic N) is 2. The molecule has 2 aliphatic rings. The third-order valence-electron chi connectivity index (χ3n) is 4.75. The first-order valence-corrected chi connectivity index (χ1v) is 7.15. The number of aryl methyl sites for hydroxylation is 1. The molecule has 1 fully saturated rings. The predicted octanol–water partition coefficient (Wildman–Crippen LogP) is 1.45. The minimum absolute atomic E-state index is 0.150. The monoisotopic (exact) mass is 300 g/mol. The van der Waals surface area contributed by atoms with Gasteiger partial charge in [0.1, 0.15) is 5.92 Å². The van der Waals surface area contributed by atoms with Gasteiger partial charge in [-0.2, -0.15) is 5.06 Å². The summed E-state index contributed by atoms with van der Waals surface area (Å²) < 4.78 is 6.87. The van der Waals surface area contributed by atoms with Crippen LogP contribution in [0.15, 0.2) is 24.3 Å². The average molecular weight is 300 g/mol. The van der Waals surface area contributed by atoms with E-state index >= 15 is 0 Å². The van der Waals surface area contributed by atoms with Crippen molar-refractivity contribution < 1.29 is 19.2 Å². The minimum atomic E-state index is -0.805. The van der Waals surface area contributed by atoms with E-state index in [0.29, 0.717) is 5.56 Å². The molecule has 0 N–H and O–H groups in total. The molecule has 0 radical (unpaired) electrons. The van der Waals surface area contributed by atoms with Crippen LogP contribution in [0, 0.1) is 5.92 Å². The molecule has 2 bridgehead atoms. The second kappa shape index (κ2) is 4.41. The van der Waals surface area contributed by atoms with Crippen LogP contribution in [0.2, 0.25) is 0 Å². The molecule has 1 aromatic heterocycles. The number of Topliss-reactive ketones (excluding diaryl/α,β-unsaturated/α-hetero) is 1. The number of ether oxygens (including phenoxy) is 1. The molecule has 1 aliphatic carbocycles. The highest BCUT2D eigenvalue weighted by Crippen LogP contribution is 2.48. The lowest BCUT2D eigenvalue weighted by Crippen LogP contribution is -2.40. The van der Waals surface area contributed by atoms with E-state index in [0.717, 1.165) is 16.6 Å². The van der Waals surface area contributed by atoms with E-state index in [2.05, 4.69) is 0 Å². The van der Waals surface area contributed by atoms with Crippen LogP contribution in [-0.2, 0) is 21.4 Å². The first kappa shape index (κ1) is 13.5. The molecular formula is C16H16N2O4. The number of aromatic nitrogens is 1. The van der Waals surface area contributed by atoms with Crippen LogP contribution in [0.4, 0.5) is 0 Å². The van der Waals surface area contributed by atoms with E-state index < -0.39 is 18.0 Å². The molecule has 1 saturated heterocycles. The lowest BCUT2D eigenvalue weighted by Gasteiger charge is -2.26. The lowest BCUT2D eigenvalue weighted by atomic mass is 9.80. The zero-order valence-electron chi connectivity index (χ0n) is 12.6. The Kier molecular flexibility index (Phi) is 2.70. The number of benzene rings is 1. The summed E-state index contributed by atoms with van der Waals surface area (Å²) in [5, 5.41) is 2.51. The number of para-hydroxylation sites is 1. The number of hydroxylamine groups is 2. The minimum Gasteiger partial charge on any atom is -0.469 e. The van der Waals surface area contributed by atoms with Crippen LogP contribution in [0.25, 0.3) is 10.9 Å². The van der Waals surface area contributed by atoms with Crippen LogP contribution in [-0.4, -0.2) is 41.6 Å². The van der Waals surface area contributed by atoms with Crippen molar-refractivity contribution in [2.75, 3.05) is 14.2 Å². The Labute approximate surface area is 127 Å². The smallest absolute Gasteiger partial charge is 0.314 e. The molecule has 2 aromatic rings. The van der Waals surface area contributed by atoms with Gasteiger partial charge in [-0.1, -0.05) is 18.2 Å². The van der Waals surface area contributed by atoms with Crippen molar-refractivity contribution in [2.24, 2.45) is 13.0 Å². The Morgan fingerprint density at radius 3 is 2.73 bits per heavy atom. The maximum absolute atomic E-state index is 12.9. The first-order chi connectivity index (χ1) is 10.6. The molecule has 0 unspecified atom stereocenters. The zero-order valence-corrected chi connectivity index (χ0v) is 12.6. The van der Waals surface area contributed by atoms with Gasteiger partial charge in [-0.05, 0) is 6.07 Å². The molecule has 0 saturated carbocycles. The Bertz CT molecular complexity index is 810. The summed E-state index contributed by atoms with van der Waals surface area (Å²) in [5.74, 6) is -1.19. The largest absolute Gasteiger partial charge is 0.469 e. The molecule has 0 amide bonds. The second-order valence-electron chi connectivity index (χ2n) is 5.77. The summed E-state index contributed by atoms with van der Waals surface area (Å²) in [6, 6.07) is 7.44. The van der Waals surface area contributed by atoms with Crippen molar-refractivity contribution in [2.45, 2.75) is 12.1 Å². The third kappa shape index (κ3) is 1.46. The van der Waals surface area contributed by atoms with Gasteiger partial charge < -0.3 is 9.30 Å². The average Bonchev–Trinajstić information content (AvgIpc) is 2.98. The van der Waals surface area contributed by atoms with Gasteiger partial charge in [0.05, 0.1) is 24.4 Å². The zero-order chi connectivity index (χ0) is 15.6. The van der Waals surface area contributed by atoms with Crippen molar-refractivity contribution in [3.63, 3.8) is 0 Å². The van der Waals surface area contributed by atoms with E-state index in [-0.39, 0.29) is 11.8 Å². The highest BCUT2D eigenvalue weighted by molar-refractivity contribution is 6.14. The van der Waals surface area contributed by atoms with Gasteiger partial charge in [0.2, 0.25) is 0 Å². The molecule has 3 atom stereocenters. The summed E-state index contributed by atoms with van der Waals surface area (Å²) in [6.45, 7) is 0. The van der Waals surface area contributed by atoms with E-state index in [1.165, 1.54) is 7.11 Å². The summed E-state index contributed by atoms with van der Waals surface area (Å²) >= 11 is 0. The van der Waals surface area contributed by atoms with E-state index in [4.69, 9.17) is 9.57 Å². The number of esters is 1. The number of methoxy groups -OCH3 is 1. The fourth-order valence-corrected chi connectivity index (χ4v) is 3.80. The van der Waals surface area contributed by atoms with E-state index in [1.54, 1.807) is 12.1 Å². The fraction of sp³-hybridized carbons (Fsp3) is 0.375. The Balaban J connectivity index is 2.03. The summed E-state index contributed by atoms with van der Waals surface area (Å²) in [4.78, 5) is 30.7. The number of fused-ring (bicyclic) bond motifs is 6. The quantitative estimate of drug-likeness (QED) is 0.746. The molecule has 4 rings (SSSR count). The van der Waals surface area contributed by atoms with Crippen molar-refractivity contribution >= 4 is 22.7 Å². The number of rotatable bonds is 1. The van der Waals surface area contributed by atoms with Crippen LogP contribution in [0.5, 0.6) is 0 Å². The predicted molar refractivity (Wildman–Crippen MR) is 78.1 cm³/mol. The van der Waals surface area contributed by atoms with Crippen molar-refractivity contribution in [3.8, 4) is 0 Å². The molecule has 22 heavy (non-hydrogen) atoms. The lowest BCUT2D eigenvalue weighted by molar-refractivity contribution is -0.147. The summed E-state index contributed by atoms with van der Waals surface area (Å²) in [7, 11) is 5.00. The number of hydrogen-bond acceptors (Lipinski definition) is 5. The van der Waals surface area contributed by atoms with Gasteiger partial charge in [-0.15, -0.1) is 0 Å². The standard InChI is InChI=1S/C16H16N2O4/c1-17-9-7-5-4-6-8(9)10-12(17)13-11(16(20)21-3)15(14(10)19)22-18(13)2/h4-7,11,13,15H,1-3H3/t11-,13+,15-/m1/s1. The highest BCUT2D eigenvalue weighted by atomic mass is 16.7. The van der Waals surface area contributed by atoms with Gasteiger partial charge in [0, 0.05) is 25.0 Å². The van der Waals surface area contributed by atoms with Gasteiger partial charge in [-0.25, -0.2) is 0 Å². The van der Waals surface area contributed by atoms with Crippen LogP contribution in [0.1, 0.15) is 22.1 Å². The first-order valence-electron chi connectivity index (χ1n) is 7.15. The molecular weight excluding hydrogens is 284 g/mol. The van der Waals surface area contributed by atoms with E-state index in [9.17, 15) is 9.59 Å². The van der Waals surface area contributed by atoms with Crippen LogP contribution < -0.4 is 0 Å².